The van der Waals surface area contributed by atoms with Gasteiger partial charge in [0.15, 0.2) is 0 Å². The smallest absolute Gasteiger partial charge is 0.223 e. The molecule has 2 fully saturated rings. The Hall–Kier alpha value is -1.31. The van der Waals surface area contributed by atoms with E-state index in [1.54, 1.807) is 0 Å². The van der Waals surface area contributed by atoms with Crippen LogP contribution in [0.3, 0.4) is 0 Å². The van der Waals surface area contributed by atoms with Crippen molar-refractivity contribution < 1.29 is 4.79 Å². The van der Waals surface area contributed by atoms with Crippen LogP contribution in [0.25, 0.3) is 0 Å². The van der Waals surface area contributed by atoms with Crippen molar-refractivity contribution in [2.45, 2.75) is 57.9 Å². The summed E-state index contributed by atoms with van der Waals surface area (Å²) in [6, 6.07) is 6.95. The van der Waals surface area contributed by atoms with E-state index in [1.165, 1.54) is 48.8 Å². The zero-order valence-electron chi connectivity index (χ0n) is 12.9. The van der Waals surface area contributed by atoms with E-state index in [0.717, 1.165) is 24.7 Å². The van der Waals surface area contributed by atoms with Gasteiger partial charge in [-0.05, 0) is 80.4 Å². The third kappa shape index (κ3) is 2.61. The summed E-state index contributed by atoms with van der Waals surface area (Å²) in [4.78, 5) is 12.4. The number of carbonyl (C=O) groups is 1. The predicted octanol–water partition coefficient (Wildman–Crippen LogP) is 3.79. The van der Waals surface area contributed by atoms with Crippen molar-refractivity contribution in [2.24, 2.45) is 17.8 Å². The average molecular weight is 283 g/mol. The van der Waals surface area contributed by atoms with E-state index in [0.29, 0.717) is 0 Å². The van der Waals surface area contributed by atoms with Crippen LogP contribution in [0.1, 0.15) is 61.8 Å². The van der Waals surface area contributed by atoms with Crippen LogP contribution in [-0.2, 0) is 17.6 Å². The van der Waals surface area contributed by atoms with E-state index < -0.39 is 0 Å². The van der Waals surface area contributed by atoms with Crippen molar-refractivity contribution in [3.8, 4) is 0 Å². The molecule has 0 spiro atoms. The first-order valence-corrected chi connectivity index (χ1v) is 8.63. The van der Waals surface area contributed by atoms with Crippen molar-refractivity contribution in [3.05, 3.63) is 34.9 Å². The van der Waals surface area contributed by atoms with Gasteiger partial charge >= 0.3 is 0 Å². The molecule has 1 aromatic rings. The molecule has 2 saturated carbocycles. The summed E-state index contributed by atoms with van der Waals surface area (Å²) in [6.45, 7) is 2.12. The highest BCUT2D eigenvalue weighted by Gasteiger charge is 2.48. The summed E-state index contributed by atoms with van der Waals surface area (Å²) >= 11 is 0. The molecule has 3 atom stereocenters. The van der Waals surface area contributed by atoms with Crippen LogP contribution >= 0.6 is 0 Å². The SMILES string of the molecule is CC(NC(=O)C1CC2CC2C1)c1ccc2c(c1)CCCC2. The Morgan fingerprint density at radius 2 is 1.81 bits per heavy atom. The van der Waals surface area contributed by atoms with Gasteiger partial charge in [0.25, 0.3) is 0 Å². The summed E-state index contributed by atoms with van der Waals surface area (Å²) < 4.78 is 0. The summed E-state index contributed by atoms with van der Waals surface area (Å²) in [5.41, 5.74) is 4.29. The molecule has 112 valence electrons. The van der Waals surface area contributed by atoms with Crippen LogP contribution in [0.4, 0.5) is 0 Å². The van der Waals surface area contributed by atoms with E-state index in [4.69, 9.17) is 0 Å². The second kappa shape index (κ2) is 5.15. The van der Waals surface area contributed by atoms with Gasteiger partial charge in [0.1, 0.15) is 0 Å². The van der Waals surface area contributed by atoms with Crippen LogP contribution < -0.4 is 5.32 Å². The van der Waals surface area contributed by atoms with Crippen LogP contribution in [0.15, 0.2) is 18.2 Å². The van der Waals surface area contributed by atoms with Crippen molar-refractivity contribution in [1.82, 2.24) is 5.32 Å². The number of benzene rings is 1. The Balaban J connectivity index is 1.42. The number of amides is 1. The average Bonchev–Trinajstić information content (AvgIpc) is 3.12. The third-order valence-electron chi connectivity index (χ3n) is 5.85. The van der Waals surface area contributed by atoms with Gasteiger partial charge < -0.3 is 5.32 Å². The topological polar surface area (TPSA) is 29.1 Å². The molecule has 0 aliphatic heterocycles. The van der Waals surface area contributed by atoms with Crippen LogP contribution in [0, 0.1) is 17.8 Å². The molecule has 1 aromatic carbocycles. The van der Waals surface area contributed by atoms with Gasteiger partial charge in [0.2, 0.25) is 5.91 Å². The highest BCUT2D eigenvalue weighted by atomic mass is 16.1. The zero-order chi connectivity index (χ0) is 14.4. The molecule has 0 radical (unpaired) electrons. The quantitative estimate of drug-likeness (QED) is 0.898. The fourth-order valence-corrected chi connectivity index (χ4v) is 4.37. The third-order valence-corrected chi connectivity index (χ3v) is 5.85. The van der Waals surface area contributed by atoms with Gasteiger partial charge in [-0.3, -0.25) is 4.79 Å². The fraction of sp³-hybridized carbons (Fsp3) is 0.632. The molecule has 4 rings (SSSR count). The van der Waals surface area contributed by atoms with E-state index in [1.807, 2.05) is 0 Å². The lowest BCUT2D eigenvalue weighted by atomic mass is 9.89. The Morgan fingerprint density at radius 1 is 1.10 bits per heavy atom. The predicted molar refractivity (Wildman–Crippen MR) is 84.0 cm³/mol. The monoisotopic (exact) mass is 283 g/mol. The van der Waals surface area contributed by atoms with Gasteiger partial charge in [-0.1, -0.05) is 18.2 Å². The van der Waals surface area contributed by atoms with E-state index in [9.17, 15) is 4.79 Å². The van der Waals surface area contributed by atoms with E-state index in [2.05, 4.69) is 30.4 Å². The molecule has 0 bridgehead atoms. The van der Waals surface area contributed by atoms with E-state index in [-0.39, 0.29) is 17.9 Å². The molecule has 0 heterocycles. The number of aryl methyl sites for hydroxylation is 2. The molecule has 3 aliphatic carbocycles. The molecule has 3 unspecified atom stereocenters. The molecule has 0 saturated heterocycles. The van der Waals surface area contributed by atoms with Crippen molar-refractivity contribution in [1.29, 1.82) is 0 Å². The first-order chi connectivity index (χ1) is 10.2. The molecule has 1 amide bonds. The molecule has 0 aromatic heterocycles. The van der Waals surface area contributed by atoms with Gasteiger partial charge in [-0.2, -0.15) is 0 Å². The lowest BCUT2D eigenvalue weighted by Crippen LogP contribution is -2.32. The number of nitrogens with one attached hydrogen (secondary N) is 1. The molecule has 2 heteroatoms. The van der Waals surface area contributed by atoms with E-state index >= 15 is 0 Å². The number of rotatable bonds is 3. The fourth-order valence-electron chi connectivity index (χ4n) is 4.37. The minimum Gasteiger partial charge on any atom is -0.349 e. The summed E-state index contributed by atoms with van der Waals surface area (Å²) in [7, 11) is 0. The highest BCUT2D eigenvalue weighted by Crippen LogP contribution is 2.54. The standard InChI is InChI=1S/C19H25NO/c1-12(20-19(21)18-10-16-9-17(16)11-18)14-7-6-13-4-2-3-5-15(13)8-14/h6-8,12,16-18H,2-5,9-11H2,1H3,(H,20,21). The lowest BCUT2D eigenvalue weighted by molar-refractivity contribution is -0.125. The van der Waals surface area contributed by atoms with Crippen LogP contribution in [0.5, 0.6) is 0 Å². The molecular formula is C19H25NO. The number of carbonyl (C=O) groups excluding carboxylic acids is 1. The lowest BCUT2D eigenvalue weighted by Gasteiger charge is -2.21. The Morgan fingerprint density at radius 3 is 2.57 bits per heavy atom. The summed E-state index contributed by atoms with van der Waals surface area (Å²) in [6.07, 6.45) is 8.70. The van der Waals surface area contributed by atoms with Crippen LogP contribution in [0.2, 0.25) is 0 Å². The maximum absolute atomic E-state index is 12.4. The Bertz CT molecular complexity index is 555. The zero-order valence-corrected chi connectivity index (χ0v) is 12.9. The first-order valence-electron chi connectivity index (χ1n) is 8.63. The molecule has 1 N–H and O–H groups in total. The van der Waals surface area contributed by atoms with Gasteiger partial charge in [0, 0.05) is 5.92 Å². The molecule has 21 heavy (non-hydrogen) atoms. The Labute approximate surface area is 127 Å². The molecule has 3 aliphatic rings. The Kier molecular flexibility index (Phi) is 3.28. The maximum Gasteiger partial charge on any atom is 0.223 e. The molecule has 2 nitrogen and oxygen atoms in total. The van der Waals surface area contributed by atoms with Crippen LogP contribution in [-0.4, -0.2) is 5.91 Å². The minimum atomic E-state index is 0.140. The van der Waals surface area contributed by atoms with Crippen molar-refractivity contribution in [2.75, 3.05) is 0 Å². The minimum absolute atomic E-state index is 0.140. The van der Waals surface area contributed by atoms with Gasteiger partial charge in [-0.15, -0.1) is 0 Å². The normalized spacial score (nSPS) is 31.2. The second-order valence-corrected chi connectivity index (χ2v) is 7.39. The van der Waals surface area contributed by atoms with Crippen molar-refractivity contribution >= 4 is 5.91 Å². The second-order valence-electron chi connectivity index (χ2n) is 7.39. The maximum atomic E-state index is 12.4. The van der Waals surface area contributed by atoms with Crippen molar-refractivity contribution in [3.63, 3.8) is 0 Å². The van der Waals surface area contributed by atoms with Gasteiger partial charge in [-0.25, -0.2) is 0 Å². The molecular weight excluding hydrogens is 258 g/mol. The summed E-state index contributed by atoms with van der Waals surface area (Å²) in [5, 5.41) is 3.25. The largest absolute Gasteiger partial charge is 0.349 e. The number of fused-ring (bicyclic) bond motifs is 2. The number of hydrogen-bond donors (Lipinski definition) is 1. The van der Waals surface area contributed by atoms with Gasteiger partial charge in [0.05, 0.1) is 6.04 Å². The summed E-state index contributed by atoms with van der Waals surface area (Å²) in [5.74, 6) is 2.32. The number of hydrogen-bond acceptors (Lipinski definition) is 1. The first kappa shape index (κ1) is 13.4. The highest BCUT2D eigenvalue weighted by molar-refractivity contribution is 5.79.